The fraction of sp³-hybridized carbons (Fsp3) is 0.429. The molecule has 1 N–H and O–H groups in total. The van der Waals surface area contributed by atoms with Crippen LogP contribution in [0.1, 0.15) is 24.8 Å². The second-order valence-electron chi connectivity index (χ2n) is 7.18. The molecule has 4 rings (SSSR count). The number of nitrogens with zero attached hydrogens (tertiary/aromatic N) is 1. The molecule has 0 bridgehead atoms. The lowest BCUT2D eigenvalue weighted by atomic mass is 9.85. The van der Waals surface area contributed by atoms with Gasteiger partial charge in [0.25, 0.3) is 0 Å². The first-order valence-corrected chi connectivity index (χ1v) is 11.0. The van der Waals surface area contributed by atoms with Crippen molar-refractivity contribution in [3.8, 4) is 0 Å². The highest BCUT2D eigenvalue weighted by Gasteiger charge is 2.33. The molecule has 1 aromatic rings. The van der Waals surface area contributed by atoms with Gasteiger partial charge in [-0.05, 0) is 86.4 Å². The molecular weight excluding hydrogens is 344 g/mol. The quantitative estimate of drug-likeness (QED) is 0.804. The van der Waals surface area contributed by atoms with Gasteiger partial charge in [-0.3, -0.25) is 0 Å². The summed E-state index contributed by atoms with van der Waals surface area (Å²) in [5.41, 5.74) is 6.10. The summed E-state index contributed by atoms with van der Waals surface area (Å²) in [5, 5.41) is 3.44. The molecule has 3 aliphatic heterocycles. The van der Waals surface area contributed by atoms with E-state index in [9.17, 15) is 0 Å². The Labute approximate surface area is 159 Å². The van der Waals surface area contributed by atoms with Crippen molar-refractivity contribution in [1.29, 1.82) is 0 Å². The molecule has 1 aromatic carbocycles. The number of benzene rings is 1. The van der Waals surface area contributed by atoms with E-state index in [4.69, 9.17) is 0 Å². The van der Waals surface area contributed by atoms with Gasteiger partial charge >= 0.3 is 0 Å². The summed E-state index contributed by atoms with van der Waals surface area (Å²) in [5.74, 6) is 1.96. The molecule has 0 amide bonds. The summed E-state index contributed by atoms with van der Waals surface area (Å²) < 4.78 is 1.56. The maximum Gasteiger partial charge on any atom is 0.0488 e. The topological polar surface area (TPSA) is 15.3 Å². The van der Waals surface area contributed by atoms with Crippen molar-refractivity contribution in [1.82, 2.24) is 10.2 Å². The minimum atomic E-state index is 0.707. The van der Waals surface area contributed by atoms with Crippen LogP contribution < -0.4 is 5.32 Å². The third-order valence-corrected chi connectivity index (χ3v) is 7.75. The van der Waals surface area contributed by atoms with Crippen molar-refractivity contribution in [2.75, 3.05) is 32.9 Å². The first-order valence-electron chi connectivity index (χ1n) is 9.16. The Morgan fingerprint density at radius 1 is 1.24 bits per heavy atom. The van der Waals surface area contributed by atoms with Gasteiger partial charge in [0.05, 0.1) is 0 Å². The average molecular weight is 371 g/mol. The van der Waals surface area contributed by atoms with Crippen molar-refractivity contribution < 1.29 is 0 Å². The first-order chi connectivity index (χ1) is 12.2. The Morgan fingerprint density at radius 3 is 3.00 bits per heavy atom. The molecule has 3 heterocycles. The fourth-order valence-corrected chi connectivity index (χ4v) is 6.78. The number of hydrogen-bond donors (Lipinski definition) is 1. The van der Waals surface area contributed by atoms with E-state index in [-0.39, 0.29) is 0 Å². The van der Waals surface area contributed by atoms with E-state index in [1.165, 1.54) is 41.2 Å². The fourth-order valence-electron chi connectivity index (χ4n) is 3.91. The highest BCUT2D eigenvalue weighted by atomic mass is 32.2. The zero-order valence-electron chi connectivity index (χ0n) is 15.0. The molecule has 1 atom stereocenters. The summed E-state index contributed by atoms with van der Waals surface area (Å²) in [6, 6.07) is 8.92. The van der Waals surface area contributed by atoms with Crippen molar-refractivity contribution in [2.24, 2.45) is 5.92 Å². The lowest BCUT2D eigenvalue weighted by molar-refractivity contribution is 0.383. The predicted molar refractivity (Wildman–Crippen MR) is 112 cm³/mol. The lowest BCUT2D eigenvalue weighted by Gasteiger charge is -2.20. The summed E-state index contributed by atoms with van der Waals surface area (Å²) >= 11 is 4.08. The van der Waals surface area contributed by atoms with Crippen LogP contribution in [0.4, 0.5) is 0 Å². The van der Waals surface area contributed by atoms with E-state index < -0.39 is 0 Å². The molecule has 0 aliphatic carbocycles. The van der Waals surface area contributed by atoms with Crippen LogP contribution in [-0.4, -0.2) is 37.8 Å². The summed E-state index contributed by atoms with van der Waals surface area (Å²) in [6.45, 7) is 2.22. The van der Waals surface area contributed by atoms with Crippen LogP contribution >= 0.6 is 23.5 Å². The molecule has 132 valence electrons. The summed E-state index contributed by atoms with van der Waals surface area (Å²) in [6.07, 6.45) is 8.15. The number of rotatable bonds is 4. The Kier molecular flexibility index (Phi) is 5.30. The van der Waals surface area contributed by atoms with E-state index in [1.54, 1.807) is 15.4 Å². The average Bonchev–Trinajstić information content (AvgIpc) is 2.79. The smallest absolute Gasteiger partial charge is 0.0488 e. The Balaban J connectivity index is 1.73. The van der Waals surface area contributed by atoms with E-state index in [0.29, 0.717) is 5.92 Å². The van der Waals surface area contributed by atoms with Gasteiger partial charge in [-0.2, -0.15) is 0 Å². The number of thioether (sulfide) groups is 2. The maximum absolute atomic E-state index is 3.44. The normalized spacial score (nSPS) is 22.3. The zero-order valence-corrected chi connectivity index (χ0v) is 16.7. The van der Waals surface area contributed by atoms with Crippen LogP contribution in [-0.2, 0) is 0 Å². The molecule has 0 aromatic heterocycles. The van der Waals surface area contributed by atoms with Crippen molar-refractivity contribution in [2.45, 2.75) is 24.2 Å². The second-order valence-corrected chi connectivity index (χ2v) is 9.52. The highest BCUT2D eigenvalue weighted by molar-refractivity contribution is 8.22. The van der Waals surface area contributed by atoms with Gasteiger partial charge in [-0.1, -0.05) is 30.0 Å². The summed E-state index contributed by atoms with van der Waals surface area (Å²) in [4.78, 5) is 3.71. The predicted octanol–water partition coefficient (Wildman–Crippen LogP) is 4.97. The molecule has 0 spiro atoms. The van der Waals surface area contributed by atoms with E-state index >= 15 is 0 Å². The standard InChI is InChI=1S/C21H26N2S2/c1-23(2)13-5-6-15-14-24-21-20(15)18-10-12-22-11-9-16(18)17-7-3-4-8-19(17)25-21/h3-4,7-9,11,15,22H,5-6,10,12-14H2,1-2H3. The molecule has 2 nitrogen and oxygen atoms in total. The van der Waals surface area contributed by atoms with Gasteiger partial charge in [0.15, 0.2) is 0 Å². The van der Waals surface area contributed by atoms with Crippen molar-refractivity contribution in [3.63, 3.8) is 0 Å². The van der Waals surface area contributed by atoms with Gasteiger partial charge in [-0.25, -0.2) is 0 Å². The van der Waals surface area contributed by atoms with E-state index in [2.05, 4.69) is 72.6 Å². The minimum Gasteiger partial charge on any atom is -0.391 e. The molecule has 4 heteroatoms. The van der Waals surface area contributed by atoms with Crippen molar-refractivity contribution in [3.05, 3.63) is 57.5 Å². The molecule has 3 aliphatic rings. The Hall–Kier alpha value is -1.10. The van der Waals surface area contributed by atoms with Crippen LogP contribution in [0.3, 0.4) is 0 Å². The van der Waals surface area contributed by atoms with E-state index in [1.807, 2.05) is 11.8 Å². The minimum absolute atomic E-state index is 0.707. The van der Waals surface area contributed by atoms with Gasteiger partial charge in [0, 0.05) is 21.4 Å². The van der Waals surface area contributed by atoms with Crippen LogP contribution in [0.15, 0.2) is 56.8 Å². The van der Waals surface area contributed by atoms with Crippen LogP contribution in [0, 0.1) is 5.92 Å². The number of fused-ring (bicyclic) bond motifs is 3. The number of hydrogen-bond acceptors (Lipinski definition) is 4. The lowest BCUT2D eigenvalue weighted by Crippen LogP contribution is -2.16. The molecule has 0 saturated heterocycles. The summed E-state index contributed by atoms with van der Waals surface area (Å²) in [7, 11) is 4.35. The highest BCUT2D eigenvalue weighted by Crippen LogP contribution is 2.54. The first kappa shape index (κ1) is 17.3. The molecule has 25 heavy (non-hydrogen) atoms. The van der Waals surface area contributed by atoms with Gasteiger partial charge < -0.3 is 10.2 Å². The Bertz CT molecular complexity index is 746. The third kappa shape index (κ3) is 3.57. The van der Waals surface area contributed by atoms with Gasteiger partial charge in [-0.15, -0.1) is 11.8 Å². The third-order valence-electron chi connectivity index (χ3n) is 5.12. The van der Waals surface area contributed by atoms with Crippen LogP contribution in [0.5, 0.6) is 0 Å². The molecule has 0 saturated carbocycles. The van der Waals surface area contributed by atoms with Crippen molar-refractivity contribution >= 4 is 29.1 Å². The SMILES string of the molecule is CN(C)CCCC1CSC2=C1C1=C(C=CNCC1)c1ccccc1S2. The zero-order chi connectivity index (χ0) is 17.2. The van der Waals surface area contributed by atoms with Crippen LogP contribution in [0.25, 0.3) is 5.57 Å². The molecular formula is C21H26N2S2. The number of allylic oxidation sites excluding steroid dienone is 3. The molecule has 0 fully saturated rings. The Morgan fingerprint density at radius 2 is 2.12 bits per heavy atom. The van der Waals surface area contributed by atoms with Gasteiger partial charge in [0.1, 0.15) is 0 Å². The largest absolute Gasteiger partial charge is 0.391 e. The molecule has 1 unspecified atom stereocenters. The molecule has 0 radical (unpaired) electrons. The monoisotopic (exact) mass is 370 g/mol. The van der Waals surface area contributed by atoms with Crippen LogP contribution in [0.2, 0.25) is 0 Å². The van der Waals surface area contributed by atoms with E-state index in [0.717, 1.165) is 13.0 Å². The second kappa shape index (κ2) is 7.65. The number of nitrogens with one attached hydrogen (secondary N) is 1. The maximum atomic E-state index is 3.44. The van der Waals surface area contributed by atoms with Gasteiger partial charge in [0.2, 0.25) is 0 Å².